The van der Waals surface area contributed by atoms with E-state index in [1.807, 2.05) is 0 Å². The van der Waals surface area contributed by atoms with Crippen LogP contribution in [0.5, 0.6) is 0 Å². The molecular formula is C17H17N3O3S. The highest BCUT2D eigenvalue weighted by atomic mass is 32.2. The van der Waals surface area contributed by atoms with Gasteiger partial charge in [0, 0.05) is 11.3 Å². The summed E-state index contributed by atoms with van der Waals surface area (Å²) in [6.07, 6.45) is 1.57. The first-order valence-corrected chi connectivity index (χ1v) is 9.01. The van der Waals surface area contributed by atoms with E-state index in [4.69, 9.17) is 0 Å². The van der Waals surface area contributed by atoms with Gasteiger partial charge in [-0.2, -0.15) is 0 Å². The Morgan fingerprint density at radius 1 is 1.12 bits per heavy atom. The molecular weight excluding hydrogens is 326 g/mol. The first-order chi connectivity index (χ1) is 11.4. The molecule has 0 saturated heterocycles. The molecule has 0 radical (unpaired) electrons. The predicted molar refractivity (Wildman–Crippen MR) is 92.8 cm³/mol. The zero-order valence-electron chi connectivity index (χ0n) is 13.3. The van der Waals surface area contributed by atoms with Crippen molar-refractivity contribution in [3.05, 3.63) is 54.4 Å². The summed E-state index contributed by atoms with van der Waals surface area (Å²) in [6.45, 7) is 3.27. The lowest BCUT2D eigenvalue weighted by molar-refractivity contribution is 0.102. The van der Waals surface area contributed by atoms with Crippen molar-refractivity contribution in [2.24, 2.45) is 0 Å². The Bertz CT molecular complexity index is 989. The van der Waals surface area contributed by atoms with E-state index in [0.717, 1.165) is 11.0 Å². The molecule has 0 atom stereocenters. The summed E-state index contributed by atoms with van der Waals surface area (Å²) in [5, 5.41) is 2.27. The van der Waals surface area contributed by atoms with E-state index < -0.39 is 15.1 Å². The number of benzene rings is 2. The maximum atomic E-state index is 12.3. The number of hydrogen-bond donors (Lipinski definition) is 2. The number of H-pyrrole nitrogens is 1. The van der Waals surface area contributed by atoms with Crippen molar-refractivity contribution in [1.29, 1.82) is 0 Å². The Kier molecular flexibility index (Phi) is 4.11. The number of fused-ring (bicyclic) bond motifs is 1. The van der Waals surface area contributed by atoms with Gasteiger partial charge >= 0.3 is 0 Å². The third-order valence-electron chi connectivity index (χ3n) is 3.74. The minimum Gasteiger partial charge on any atom is -0.345 e. The highest BCUT2D eigenvalue weighted by Crippen LogP contribution is 2.19. The van der Waals surface area contributed by atoms with Crippen LogP contribution >= 0.6 is 0 Å². The van der Waals surface area contributed by atoms with Crippen LogP contribution in [0.4, 0.5) is 5.69 Å². The number of nitrogens with zero attached hydrogens (tertiary/aromatic N) is 1. The molecule has 0 bridgehead atoms. The molecule has 1 aromatic heterocycles. The van der Waals surface area contributed by atoms with E-state index in [-0.39, 0.29) is 10.8 Å². The first kappa shape index (κ1) is 16.2. The highest BCUT2D eigenvalue weighted by molar-refractivity contribution is 7.92. The van der Waals surface area contributed by atoms with Crippen molar-refractivity contribution in [3.63, 3.8) is 0 Å². The summed E-state index contributed by atoms with van der Waals surface area (Å²) in [5.41, 5.74) is 2.59. The molecule has 0 aliphatic rings. The summed E-state index contributed by atoms with van der Waals surface area (Å²) in [7, 11) is -3.32. The molecule has 3 aromatic rings. The number of rotatable bonds is 4. The molecule has 0 unspecified atom stereocenters. The molecule has 1 amide bonds. The molecule has 0 aliphatic heterocycles. The van der Waals surface area contributed by atoms with Gasteiger partial charge in [0.05, 0.1) is 27.5 Å². The van der Waals surface area contributed by atoms with Crippen LogP contribution < -0.4 is 5.32 Å². The van der Waals surface area contributed by atoms with Crippen LogP contribution in [-0.2, 0) is 9.84 Å². The monoisotopic (exact) mass is 343 g/mol. The standard InChI is InChI=1S/C17H17N3O3S/c1-11(2)24(22,23)14-6-4-13(5-7-14)20-17(21)12-3-8-15-16(9-12)19-10-18-15/h3-11H,1-2H3,(H,18,19)(H,20,21). The van der Waals surface area contributed by atoms with Crippen molar-refractivity contribution in [1.82, 2.24) is 9.97 Å². The number of carbonyl (C=O) groups is 1. The molecule has 0 spiro atoms. The zero-order valence-corrected chi connectivity index (χ0v) is 14.1. The third-order valence-corrected chi connectivity index (χ3v) is 5.91. The molecule has 0 saturated carbocycles. The normalized spacial score (nSPS) is 11.8. The maximum absolute atomic E-state index is 12.3. The van der Waals surface area contributed by atoms with Crippen LogP contribution in [0.25, 0.3) is 11.0 Å². The number of nitrogens with one attached hydrogen (secondary N) is 2. The van der Waals surface area contributed by atoms with E-state index in [1.165, 1.54) is 12.1 Å². The van der Waals surface area contributed by atoms with E-state index >= 15 is 0 Å². The van der Waals surface area contributed by atoms with Crippen molar-refractivity contribution >= 4 is 32.5 Å². The van der Waals surface area contributed by atoms with E-state index in [9.17, 15) is 13.2 Å². The second-order valence-corrected chi connectivity index (χ2v) is 8.21. The summed E-state index contributed by atoms with van der Waals surface area (Å²) >= 11 is 0. The Morgan fingerprint density at radius 3 is 2.50 bits per heavy atom. The van der Waals surface area contributed by atoms with Gasteiger partial charge in [-0.3, -0.25) is 4.79 Å². The second-order valence-electron chi connectivity index (χ2n) is 5.71. The van der Waals surface area contributed by atoms with Crippen molar-refractivity contribution in [2.45, 2.75) is 24.0 Å². The van der Waals surface area contributed by atoms with Crippen LogP contribution in [0.15, 0.2) is 53.7 Å². The lowest BCUT2D eigenvalue weighted by Crippen LogP contribution is -2.14. The number of carbonyl (C=O) groups excluding carboxylic acids is 1. The van der Waals surface area contributed by atoms with Gasteiger partial charge < -0.3 is 10.3 Å². The van der Waals surface area contributed by atoms with E-state index in [1.54, 1.807) is 50.5 Å². The summed E-state index contributed by atoms with van der Waals surface area (Å²) < 4.78 is 24.2. The SMILES string of the molecule is CC(C)S(=O)(=O)c1ccc(NC(=O)c2ccc3nc[nH]c3c2)cc1. The molecule has 124 valence electrons. The van der Waals surface area contributed by atoms with Crippen molar-refractivity contribution in [3.8, 4) is 0 Å². The molecule has 3 rings (SSSR count). The fraction of sp³-hybridized carbons (Fsp3) is 0.176. The lowest BCUT2D eigenvalue weighted by atomic mass is 10.2. The van der Waals surface area contributed by atoms with Gasteiger partial charge in [-0.25, -0.2) is 13.4 Å². The van der Waals surface area contributed by atoms with Crippen LogP contribution in [-0.4, -0.2) is 29.5 Å². The molecule has 2 N–H and O–H groups in total. The third kappa shape index (κ3) is 3.03. The van der Waals surface area contributed by atoms with Crippen molar-refractivity contribution < 1.29 is 13.2 Å². The smallest absolute Gasteiger partial charge is 0.255 e. The number of hydrogen-bond acceptors (Lipinski definition) is 4. The minimum absolute atomic E-state index is 0.245. The summed E-state index contributed by atoms with van der Waals surface area (Å²) in [4.78, 5) is 19.6. The zero-order chi connectivity index (χ0) is 17.3. The quantitative estimate of drug-likeness (QED) is 0.762. The maximum Gasteiger partial charge on any atom is 0.255 e. The number of amides is 1. The van der Waals surface area contributed by atoms with Crippen LogP contribution in [0.2, 0.25) is 0 Å². The number of anilines is 1. The molecule has 0 aliphatic carbocycles. The first-order valence-electron chi connectivity index (χ1n) is 7.46. The van der Waals surface area contributed by atoms with Crippen LogP contribution in [0.3, 0.4) is 0 Å². The Morgan fingerprint density at radius 2 is 1.83 bits per heavy atom. The van der Waals surface area contributed by atoms with Gasteiger partial charge in [-0.15, -0.1) is 0 Å². The molecule has 7 heteroatoms. The van der Waals surface area contributed by atoms with Gasteiger partial charge in [-0.1, -0.05) is 0 Å². The number of aromatic amines is 1. The topological polar surface area (TPSA) is 91.9 Å². The fourth-order valence-electron chi connectivity index (χ4n) is 2.28. The molecule has 0 fully saturated rings. The van der Waals surface area contributed by atoms with Gasteiger partial charge in [-0.05, 0) is 56.3 Å². The lowest BCUT2D eigenvalue weighted by Gasteiger charge is -2.09. The van der Waals surface area contributed by atoms with Crippen LogP contribution in [0.1, 0.15) is 24.2 Å². The van der Waals surface area contributed by atoms with Gasteiger partial charge in [0.15, 0.2) is 9.84 Å². The minimum atomic E-state index is -3.32. The Balaban J connectivity index is 1.79. The number of imidazole rings is 1. The van der Waals surface area contributed by atoms with Gasteiger partial charge in [0.2, 0.25) is 0 Å². The summed E-state index contributed by atoms with van der Waals surface area (Å²) in [5.74, 6) is -0.272. The molecule has 1 heterocycles. The largest absolute Gasteiger partial charge is 0.345 e. The summed E-state index contributed by atoms with van der Waals surface area (Å²) in [6, 6.07) is 11.3. The fourth-order valence-corrected chi connectivity index (χ4v) is 3.34. The van der Waals surface area contributed by atoms with E-state index in [0.29, 0.717) is 11.3 Å². The van der Waals surface area contributed by atoms with Crippen molar-refractivity contribution in [2.75, 3.05) is 5.32 Å². The average Bonchev–Trinajstić information content (AvgIpc) is 3.02. The Labute approximate surface area is 139 Å². The molecule has 2 aromatic carbocycles. The van der Waals surface area contributed by atoms with E-state index in [2.05, 4.69) is 15.3 Å². The number of aromatic nitrogens is 2. The van der Waals surface area contributed by atoms with Crippen LogP contribution in [0, 0.1) is 0 Å². The average molecular weight is 343 g/mol. The van der Waals surface area contributed by atoms with Gasteiger partial charge in [0.25, 0.3) is 5.91 Å². The predicted octanol–water partition coefficient (Wildman–Crippen LogP) is 3.00. The second kappa shape index (κ2) is 6.09. The Hall–Kier alpha value is -2.67. The molecule has 6 nitrogen and oxygen atoms in total. The highest BCUT2D eigenvalue weighted by Gasteiger charge is 2.18. The van der Waals surface area contributed by atoms with Gasteiger partial charge in [0.1, 0.15) is 0 Å². The number of sulfone groups is 1. The molecule has 24 heavy (non-hydrogen) atoms.